The summed E-state index contributed by atoms with van der Waals surface area (Å²) < 4.78 is 5.33. The van der Waals surface area contributed by atoms with E-state index in [0.717, 1.165) is 36.8 Å². The van der Waals surface area contributed by atoms with Crippen LogP contribution in [0.2, 0.25) is 0 Å². The summed E-state index contributed by atoms with van der Waals surface area (Å²) in [5, 5.41) is 7.08. The molecular formula is C23H36N4O4. The summed E-state index contributed by atoms with van der Waals surface area (Å²) >= 11 is 0. The Bertz CT molecular complexity index is 735. The summed E-state index contributed by atoms with van der Waals surface area (Å²) in [6, 6.07) is 7.29. The molecule has 0 atom stereocenters. The van der Waals surface area contributed by atoms with Gasteiger partial charge < -0.3 is 15.4 Å². The molecule has 4 amide bonds. The van der Waals surface area contributed by atoms with Gasteiger partial charge in [-0.1, -0.05) is 49.9 Å². The summed E-state index contributed by atoms with van der Waals surface area (Å²) in [4.78, 5) is 36.4. The SMILES string of the molecule is CC(=O)NCc1ccc(CN(NC(=O)OC(C)(C)C)C(=O)NC2CCCCCC2)cc1. The van der Waals surface area contributed by atoms with Gasteiger partial charge in [0, 0.05) is 19.5 Å². The largest absolute Gasteiger partial charge is 0.443 e. The van der Waals surface area contributed by atoms with Gasteiger partial charge in [-0.15, -0.1) is 0 Å². The fourth-order valence-electron chi connectivity index (χ4n) is 3.42. The molecule has 0 bridgehead atoms. The van der Waals surface area contributed by atoms with Crippen LogP contribution in [0.4, 0.5) is 9.59 Å². The number of ether oxygens (including phenoxy) is 1. The third-order valence-corrected chi connectivity index (χ3v) is 4.96. The van der Waals surface area contributed by atoms with Crippen molar-refractivity contribution in [3.63, 3.8) is 0 Å². The first kappa shape index (κ1) is 24.5. The average Bonchev–Trinajstić information content (AvgIpc) is 2.94. The highest BCUT2D eigenvalue weighted by Crippen LogP contribution is 2.18. The smallest absolute Gasteiger partial charge is 0.426 e. The maximum absolute atomic E-state index is 13.0. The Morgan fingerprint density at radius 2 is 1.58 bits per heavy atom. The predicted octanol–water partition coefficient (Wildman–Crippen LogP) is 4.00. The maximum atomic E-state index is 13.0. The Hall–Kier alpha value is -2.77. The number of nitrogens with zero attached hydrogens (tertiary/aromatic N) is 1. The number of carbonyl (C=O) groups is 3. The van der Waals surface area contributed by atoms with Gasteiger partial charge in [-0.25, -0.2) is 20.0 Å². The van der Waals surface area contributed by atoms with Crippen molar-refractivity contribution in [3.8, 4) is 0 Å². The normalized spacial score (nSPS) is 14.8. The molecule has 1 aliphatic carbocycles. The Balaban J connectivity index is 2.05. The zero-order valence-electron chi connectivity index (χ0n) is 19.1. The van der Waals surface area contributed by atoms with Crippen molar-refractivity contribution >= 4 is 18.0 Å². The van der Waals surface area contributed by atoms with Gasteiger partial charge in [0.2, 0.25) is 5.91 Å². The van der Waals surface area contributed by atoms with E-state index in [-0.39, 0.29) is 24.5 Å². The van der Waals surface area contributed by atoms with Gasteiger partial charge in [-0.3, -0.25) is 4.79 Å². The Kier molecular flexibility index (Phi) is 9.15. The van der Waals surface area contributed by atoms with E-state index in [2.05, 4.69) is 16.1 Å². The van der Waals surface area contributed by atoms with E-state index < -0.39 is 11.7 Å². The molecule has 3 N–H and O–H groups in total. The molecule has 1 aromatic carbocycles. The molecule has 8 heteroatoms. The molecule has 1 aliphatic rings. The third kappa shape index (κ3) is 9.72. The second-order valence-electron chi connectivity index (χ2n) is 9.06. The molecule has 0 aromatic heterocycles. The Morgan fingerprint density at radius 3 is 2.13 bits per heavy atom. The number of amides is 4. The molecule has 0 spiro atoms. The van der Waals surface area contributed by atoms with E-state index in [1.54, 1.807) is 20.8 Å². The van der Waals surface area contributed by atoms with Crippen LogP contribution >= 0.6 is 0 Å². The average molecular weight is 433 g/mol. The van der Waals surface area contributed by atoms with E-state index >= 15 is 0 Å². The number of hydrogen-bond donors (Lipinski definition) is 3. The molecule has 1 saturated carbocycles. The summed E-state index contributed by atoms with van der Waals surface area (Å²) in [5.41, 5.74) is 3.72. The van der Waals surface area contributed by atoms with Crippen LogP contribution in [0.3, 0.4) is 0 Å². The standard InChI is InChI=1S/C23H36N4O4/c1-17(28)24-15-18-11-13-19(14-12-18)16-27(26-22(30)31-23(2,3)4)21(29)25-20-9-7-5-6-8-10-20/h11-14,20H,5-10,15-16H2,1-4H3,(H,24,28)(H,25,29)(H,26,30). The van der Waals surface area contributed by atoms with Crippen LogP contribution in [0.25, 0.3) is 0 Å². The van der Waals surface area contributed by atoms with Crippen molar-refractivity contribution in [1.82, 2.24) is 21.1 Å². The lowest BCUT2D eigenvalue weighted by atomic mass is 10.1. The minimum absolute atomic E-state index is 0.0907. The van der Waals surface area contributed by atoms with E-state index in [4.69, 9.17) is 4.74 Å². The van der Waals surface area contributed by atoms with Gasteiger partial charge in [-0.05, 0) is 44.7 Å². The number of carbonyl (C=O) groups excluding carboxylic acids is 3. The fraction of sp³-hybridized carbons (Fsp3) is 0.609. The topological polar surface area (TPSA) is 99.8 Å². The first-order valence-electron chi connectivity index (χ1n) is 11.0. The quantitative estimate of drug-likeness (QED) is 0.484. The van der Waals surface area contributed by atoms with Gasteiger partial charge in [0.1, 0.15) is 5.60 Å². The van der Waals surface area contributed by atoms with Crippen molar-refractivity contribution in [1.29, 1.82) is 0 Å². The fourth-order valence-corrected chi connectivity index (χ4v) is 3.42. The van der Waals surface area contributed by atoms with Gasteiger partial charge in [0.25, 0.3) is 0 Å². The highest BCUT2D eigenvalue weighted by Gasteiger charge is 2.24. The number of rotatable bonds is 5. The lowest BCUT2D eigenvalue weighted by Crippen LogP contribution is -2.53. The molecule has 8 nitrogen and oxygen atoms in total. The van der Waals surface area contributed by atoms with E-state index in [0.29, 0.717) is 6.54 Å². The summed E-state index contributed by atoms with van der Waals surface area (Å²) in [6.07, 6.45) is 5.80. The van der Waals surface area contributed by atoms with Gasteiger partial charge in [0.15, 0.2) is 0 Å². The molecule has 2 rings (SSSR count). The van der Waals surface area contributed by atoms with Gasteiger partial charge in [0.05, 0.1) is 6.54 Å². The zero-order chi connectivity index (χ0) is 22.9. The van der Waals surface area contributed by atoms with Crippen LogP contribution in [0.5, 0.6) is 0 Å². The second kappa shape index (κ2) is 11.6. The first-order chi connectivity index (χ1) is 14.6. The van der Waals surface area contributed by atoms with Crippen LogP contribution in [-0.2, 0) is 22.6 Å². The molecule has 0 saturated heterocycles. The van der Waals surface area contributed by atoms with Crippen LogP contribution in [0.15, 0.2) is 24.3 Å². The summed E-state index contributed by atoms with van der Waals surface area (Å²) in [6.45, 7) is 7.43. The second-order valence-corrected chi connectivity index (χ2v) is 9.06. The number of benzene rings is 1. The van der Waals surface area contributed by atoms with E-state index in [9.17, 15) is 14.4 Å². The zero-order valence-corrected chi connectivity index (χ0v) is 19.1. The van der Waals surface area contributed by atoms with Crippen LogP contribution < -0.4 is 16.1 Å². The van der Waals surface area contributed by atoms with Crippen molar-refractivity contribution in [2.45, 2.75) is 91.0 Å². The monoisotopic (exact) mass is 432 g/mol. The molecule has 172 valence electrons. The highest BCUT2D eigenvalue weighted by molar-refractivity contribution is 5.78. The van der Waals surface area contributed by atoms with Crippen molar-refractivity contribution in [2.24, 2.45) is 0 Å². The summed E-state index contributed by atoms with van der Waals surface area (Å²) in [5.74, 6) is -0.0907. The van der Waals surface area contributed by atoms with Crippen LogP contribution in [0.1, 0.15) is 77.3 Å². The third-order valence-electron chi connectivity index (χ3n) is 4.96. The number of nitrogens with one attached hydrogen (secondary N) is 3. The minimum atomic E-state index is -0.675. The lowest BCUT2D eigenvalue weighted by molar-refractivity contribution is -0.119. The maximum Gasteiger partial charge on any atom is 0.426 e. The molecule has 31 heavy (non-hydrogen) atoms. The molecule has 1 fully saturated rings. The minimum Gasteiger partial charge on any atom is -0.443 e. The molecule has 0 unspecified atom stereocenters. The Morgan fingerprint density at radius 1 is 1.00 bits per heavy atom. The molecule has 1 aromatic rings. The van der Waals surface area contributed by atoms with Crippen molar-refractivity contribution in [2.75, 3.05) is 0 Å². The Labute approximate surface area is 185 Å². The first-order valence-corrected chi connectivity index (χ1v) is 11.0. The van der Waals surface area contributed by atoms with Crippen LogP contribution in [-0.4, -0.2) is 34.7 Å². The number of urea groups is 1. The number of hydrogen-bond acceptors (Lipinski definition) is 4. The molecule has 0 aliphatic heterocycles. The van der Waals surface area contributed by atoms with E-state index in [1.165, 1.54) is 24.8 Å². The van der Waals surface area contributed by atoms with E-state index in [1.807, 2.05) is 24.3 Å². The predicted molar refractivity (Wildman–Crippen MR) is 119 cm³/mol. The number of hydrazine groups is 1. The molecule has 0 heterocycles. The van der Waals surface area contributed by atoms with Gasteiger partial charge >= 0.3 is 12.1 Å². The van der Waals surface area contributed by atoms with Crippen LogP contribution in [0, 0.1) is 0 Å². The molecule has 0 radical (unpaired) electrons. The van der Waals surface area contributed by atoms with Crippen molar-refractivity contribution in [3.05, 3.63) is 35.4 Å². The highest BCUT2D eigenvalue weighted by atomic mass is 16.6. The van der Waals surface area contributed by atoms with Crippen molar-refractivity contribution < 1.29 is 19.1 Å². The van der Waals surface area contributed by atoms with Gasteiger partial charge in [-0.2, -0.15) is 0 Å². The molecular weight excluding hydrogens is 396 g/mol. The lowest BCUT2D eigenvalue weighted by Gasteiger charge is -2.28. The summed E-state index contributed by atoms with van der Waals surface area (Å²) in [7, 11) is 0.